The molecule has 1 aromatic carbocycles. The molecule has 28 heavy (non-hydrogen) atoms. The summed E-state index contributed by atoms with van der Waals surface area (Å²) in [6, 6.07) is 8.19. The molecule has 2 aliphatic rings. The van der Waals surface area contributed by atoms with Crippen LogP contribution in [0.2, 0.25) is 0 Å². The van der Waals surface area contributed by atoms with E-state index in [0.29, 0.717) is 25.6 Å². The Balaban J connectivity index is 1.42. The van der Waals surface area contributed by atoms with Crippen LogP contribution in [-0.2, 0) is 16.1 Å². The van der Waals surface area contributed by atoms with Gasteiger partial charge in [0.1, 0.15) is 0 Å². The summed E-state index contributed by atoms with van der Waals surface area (Å²) in [6.45, 7) is 6.66. The maximum absolute atomic E-state index is 12.7. The topological polar surface area (TPSA) is 64.7 Å². The van der Waals surface area contributed by atoms with Gasteiger partial charge in [0.2, 0.25) is 11.8 Å². The van der Waals surface area contributed by atoms with Crippen LogP contribution >= 0.6 is 0 Å². The van der Waals surface area contributed by atoms with Crippen molar-refractivity contribution in [2.45, 2.75) is 45.2 Å². The maximum Gasteiger partial charge on any atom is 0.237 e. The maximum atomic E-state index is 12.7. The highest BCUT2D eigenvalue weighted by atomic mass is 16.2. The van der Waals surface area contributed by atoms with Crippen LogP contribution in [0.4, 0.5) is 0 Å². The molecule has 2 unspecified atom stereocenters. The molecule has 3 rings (SSSR count). The number of nitrogens with one attached hydrogen (secondary N) is 2. The van der Waals surface area contributed by atoms with Crippen molar-refractivity contribution in [3.05, 3.63) is 35.4 Å². The first-order valence-corrected chi connectivity index (χ1v) is 10.5. The number of carbonyl (C=O) groups excluding carboxylic acids is 2. The molecular weight excluding hydrogens is 352 g/mol. The summed E-state index contributed by atoms with van der Waals surface area (Å²) >= 11 is 0. The van der Waals surface area contributed by atoms with E-state index in [1.165, 1.54) is 11.1 Å². The summed E-state index contributed by atoms with van der Waals surface area (Å²) in [4.78, 5) is 28.9. The SMILES string of the molecule is Cc1ccccc1CN(C)C(=O)CN1CCCC(CNC(=O)C2CCCN2)C1. The zero-order valence-corrected chi connectivity index (χ0v) is 17.2. The second kappa shape index (κ2) is 10.0. The molecule has 154 valence electrons. The first-order valence-electron chi connectivity index (χ1n) is 10.5. The van der Waals surface area contributed by atoms with Gasteiger partial charge in [-0.25, -0.2) is 0 Å². The number of piperidine rings is 1. The predicted molar refractivity (Wildman–Crippen MR) is 111 cm³/mol. The molecule has 2 amide bonds. The third kappa shape index (κ3) is 5.79. The lowest BCUT2D eigenvalue weighted by atomic mass is 9.97. The van der Waals surface area contributed by atoms with Gasteiger partial charge in [0.05, 0.1) is 12.6 Å². The number of likely N-dealkylation sites (tertiary alicyclic amines) is 1. The molecule has 0 aliphatic carbocycles. The lowest BCUT2D eigenvalue weighted by Gasteiger charge is -2.33. The van der Waals surface area contributed by atoms with Crippen molar-refractivity contribution in [2.24, 2.45) is 5.92 Å². The van der Waals surface area contributed by atoms with Gasteiger partial charge in [-0.3, -0.25) is 14.5 Å². The highest BCUT2D eigenvalue weighted by Gasteiger charge is 2.26. The first kappa shape index (κ1) is 20.8. The molecule has 2 aliphatic heterocycles. The van der Waals surface area contributed by atoms with Crippen LogP contribution in [0, 0.1) is 12.8 Å². The number of benzene rings is 1. The molecule has 2 saturated heterocycles. The molecule has 2 fully saturated rings. The number of rotatable bonds is 7. The summed E-state index contributed by atoms with van der Waals surface area (Å²) in [7, 11) is 1.88. The summed E-state index contributed by atoms with van der Waals surface area (Å²) in [6.07, 6.45) is 4.21. The molecule has 0 bridgehead atoms. The largest absolute Gasteiger partial charge is 0.354 e. The average molecular weight is 387 g/mol. The van der Waals surface area contributed by atoms with E-state index in [9.17, 15) is 9.59 Å². The van der Waals surface area contributed by atoms with Gasteiger partial charge in [0.15, 0.2) is 0 Å². The van der Waals surface area contributed by atoms with Crippen LogP contribution in [-0.4, -0.2) is 67.4 Å². The van der Waals surface area contributed by atoms with Crippen molar-refractivity contribution in [1.29, 1.82) is 0 Å². The lowest BCUT2D eigenvalue weighted by molar-refractivity contribution is -0.132. The van der Waals surface area contributed by atoms with E-state index in [0.717, 1.165) is 45.3 Å². The number of carbonyl (C=O) groups is 2. The molecular formula is C22H34N4O2. The highest BCUT2D eigenvalue weighted by molar-refractivity contribution is 5.82. The molecule has 2 atom stereocenters. The fourth-order valence-corrected chi connectivity index (χ4v) is 4.18. The van der Waals surface area contributed by atoms with E-state index < -0.39 is 0 Å². The number of amides is 2. The first-order chi connectivity index (χ1) is 13.5. The fourth-order valence-electron chi connectivity index (χ4n) is 4.18. The van der Waals surface area contributed by atoms with E-state index >= 15 is 0 Å². The molecule has 0 radical (unpaired) electrons. The second-order valence-electron chi connectivity index (χ2n) is 8.31. The Kier molecular flexibility index (Phi) is 7.45. The third-order valence-electron chi connectivity index (χ3n) is 6.00. The van der Waals surface area contributed by atoms with Crippen molar-refractivity contribution in [3.8, 4) is 0 Å². The van der Waals surface area contributed by atoms with Crippen LogP contribution in [0.5, 0.6) is 0 Å². The minimum absolute atomic E-state index is 0.0173. The summed E-state index contributed by atoms with van der Waals surface area (Å²) in [5, 5.41) is 6.35. The molecule has 6 nitrogen and oxygen atoms in total. The number of likely N-dealkylation sites (N-methyl/N-ethyl adjacent to an activating group) is 1. The van der Waals surface area contributed by atoms with E-state index in [2.05, 4.69) is 34.6 Å². The smallest absolute Gasteiger partial charge is 0.237 e. The predicted octanol–water partition coefficient (Wildman–Crippen LogP) is 1.53. The van der Waals surface area contributed by atoms with Gasteiger partial charge < -0.3 is 15.5 Å². The van der Waals surface area contributed by atoms with Gasteiger partial charge >= 0.3 is 0 Å². The zero-order chi connectivity index (χ0) is 19.9. The van der Waals surface area contributed by atoms with Crippen molar-refractivity contribution >= 4 is 11.8 Å². The quantitative estimate of drug-likeness (QED) is 0.746. The van der Waals surface area contributed by atoms with E-state index in [4.69, 9.17) is 0 Å². The minimum Gasteiger partial charge on any atom is -0.354 e. The Morgan fingerprint density at radius 2 is 2.07 bits per heavy atom. The molecule has 0 aromatic heterocycles. The highest BCUT2D eigenvalue weighted by Crippen LogP contribution is 2.17. The van der Waals surface area contributed by atoms with Crippen LogP contribution in [0.1, 0.15) is 36.8 Å². The molecule has 0 spiro atoms. The van der Waals surface area contributed by atoms with Gasteiger partial charge in [-0.05, 0) is 62.7 Å². The van der Waals surface area contributed by atoms with Crippen molar-refractivity contribution in [2.75, 3.05) is 39.8 Å². The Morgan fingerprint density at radius 3 is 2.82 bits per heavy atom. The third-order valence-corrected chi connectivity index (χ3v) is 6.00. The molecule has 1 aromatic rings. The second-order valence-corrected chi connectivity index (χ2v) is 8.31. The van der Waals surface area contributed by atoms with E-state index in [1.807, 2.05) is 24.1 Å². The minimum atomic E-state index is -0.0173. The van der Waals surface area contributed by atoms with Gasteiger partial charge in [-0.1, -0.05) is 24.3 Å². The van der Waals surface area contributed by atoms with Crippen LogP contribution < -0.4 is 10.6 Å². The summed E-state index contributed by atoms with van der Waals surface area (Å²) in [5.74, 6) is 0.709. The van der Waals surface area contributed by atoms with Crippen LogP contribution in [0.3, 0.4) is 0 Å². The van der Waals surface area contributed by atoms with Gasteiger partial charge in [-0.2, -0.15) is 0 Å². The number of hydrogen-bond donors (Lipinski definition) is 2. The Hall–Kier alpha value is -1.92. The van der Waals surface area contributed by atoms with E-state index in [1.54, 1.807) is 0 Å². The Bertz CT molecular complexity index is 672. The van der Waals surface area contributed by atoms with Crippen LogP contribution in [0.25, 0.3) is 0 Å². The normalized spacial score (nSPS) is 22.8. The average Bonchev–Trinajstić information content (AvgIpc) is 3.23. The van der Waals surface area contributed by atoms with Crippen LogP contribution in [0.15, 0.2) is 24.3 Å². The molecule has 6 heteroatoms. The zero-order valence-electron chi connectivity index (χ0n) is 17.2. The van der Waals surface area contributed by atoms with Crippen molar-refractivity contribution in [1.82, 2.24) is 20.4 Å². The molecule has 0 saturated carbocycles. The number of hydrogen-bond acceptors (Lipinski definition) is 4. The van der Waals surface area contributed by atoms with Crippen molar-refractivity contribution < 1.29 is 9.59 Å². The summed E-state index contributed by atoms with van der Waals surface area (Å²) < 4.78 is 0. The lowest BCUT2D eigenvalue weighted by Crippen LogP contribution is -2.47. The van der Waals surface area contributed by atoms with E-state index in [-0.39, 0.29) is 17.9 Å². The van der Waals surface area contributed by atoms with Gasteiger partial charge in [0.25, 0.3) is 0 Å². The van der Waals surface area contributed by atoms with Crippen molar-refractivity contribution in [3.63, 3.8) is 0 Å². The Morgan fingerprint density at radius 1 is 1.25 bits per heavy atom. The summed E-state index contributed by atoms with van der Waals surface area (Å²) in [5.41, 5.74) is 2.41. The monoisotopic (exact) mass is 386 g/mol. The fraction of sp³-hybridized carbons (Fsp3) is 0.636. The standard InChI is InChI=1S/C22H34N4O2/c1-17-7-3-4-9-19(17)15-25(2)21(27)16-26-12-6-8-18(14-26)13-24-22(28)20-10-5-11-23-20/h3-4,7,9,18,20,23H,5-6,8,10-16H2,1-2H3,(H,24,28). The Labute approximate surface area is 168 Å². The van der Waals surface area contributed by atoms with Gasteiger partial charge in [-0.15, -0.1) is 0 Å². The number of aryl methyl sites for hydroxylation is 1. The number of nitrogens with zero attached hydrogens (tertiary/aromatic N) is 2. The molecule has 2 N–H and O–H groups in total. The van der Waals surface area contributed by atoms with Gasteiger partial charge in [0, 0.05) is 26.7 Å². The molecule has 2 heterocycles.